The third-order valence-corrected chi connectivity index (χ3v) is 10.2. The quantitative estimate of drug-likeness (QED) is 0.118. The molecule has 10 nitrogen and oxygen atoms in total. The fourth-order valence-corrected chi connectivity index (χ4v) is 7.61. The van der Waals surface area contributed by atoms with E-state index in [9.17, 15) is 33.1 Å². The fourth-order valence-electron chi connectivity index (χ4n) is 7.61. The summed E-state index contributed by atoms with van der Waals surface area (Å²) >= 11 is 0. The molecular formula is C38H37F5N5O5+. The van der Waals surface area contributed by atoms with Crippen molar-refractivity contribution in [3.05, 3.63) is 117 Å². The summed E-state index contributed by atoms with van der Waals surface area (Å²) in [5.74, 6) is -4.01. The number of halogens is 5. The van der Waals surface area contributed by atoms with Crippen LogP contribution in [0.5, 0.6) is 0 Å². The van der Waals surface area contributed by atoms with Crippen molar-refractivity contribution in [3.63, 3.8) is 0 Å². The Hall–Kier alpha value is -5.01. The van der Waals surface area contributed by atoms with Gasteiger partial charge in [-0.25, -0.2) is 23.0 Å². The number of piperidine rings is 1. The van der Waals surface area contributed by atoms with Gasteiger partial charge in [-0.05, 0) is 62.7 Å². The van der Waals surface area contributed by atoms with Crippen LogP contribution in [0.4, 0.5) is 26.7 Å². The predicted octanol–water partition coefficient (Wildman–Crippen LogP) is 5.94. The van der Waals surface area contributed by atoms with E-state index >= 15 is 13.6 Å². The summed E-state index contributed by atoms with van der Waals surface area (Å²) in [6, 6.07) is 15.0. The molecule has 3 aromatic rings. The van der Waals surface area contributed by atoms with E-state index < -0.39 is 76.1 Å². The first-order valence-electron chi connectivity index (χ1n) is 17.2. The third kappa shape index (κ3) is 7.32. The number of alkyl halides is 3. The minimum atomic E-state index is -5.04. The van der Waals surface area contributed by atoms with Gasteiger partial charge in [-0.3, -0.25) is 9.59 Å². The predicted molar refractivity (Wildman–Crippen MR) is 179 cm³/mol. The molecule has 1 spiro atoms. The maximum Gasteiger partial charge on any atom is 0.431 e. The number of hydrogen-bond donors (Lipinski definition) is 3. The minimum Gasteiger partial charge on any atom is -0.481 e. The largest absolute Gasteiger partial charge is 0.481 e. The number of quaternary nitrogens is 1. The van der Waals surface area contributed by atoms with Crippen LogP contribution >= 0.6 is 0 Å². The van der Waals surface area contributed by atoms with Gasteiger partial charge in [0.15, 0.2) is 5.70 Å². The number of urea groups is 1. The van der Waals surface area contributed by atoms with Gasteiger partial charge in [0.2, 0.25) is 0 Å². The number of amides is 3. The number of ether oxygens (including phenoxy) is 1. The number of fused-ring (bicyclic) bond motifs is 1. The SMILES string of the molecule is N#Cc1cccc(C[N@+]2(Cc3c(F)cccc3C(F)(F)F)C(=O)N(CC(NCCCC(=O)O)c3ccccc3)C(=O)C3=C2COC32CCNCC2)c1F. The van der Waals surface area contributed by atoms with Crippen molar-refractivity contribution in [1.29, 1.82) is 5.26 Å². The second-order valence-corrected chi connectivity index (χ2v) is 13.4. The van der Waals surface area contributed by atoms with Crippen molar-refractivity contribution in [3.8, 4) is 6.07 Å². The van der Waals surface area contributed by atoms with Gasteiger partial charge in [0.25, 0.3) is 5.91 Å². The monoisotopic (exact) mass is 738 g/mol. The second-order valence-electron chi connectivity index (χ2n) is 13.4. The topological polar surface area (TPSA) is 132 Å². The number of nitrogens with zero attached hydrogens (tertiary/aromatic N) is 3. The summed E-state index contributed by atoms with van der Waals surface area (Å²) < 4.78 is 80.5. The zero-order chi connectivity index (χ0) is 38.0. The molecule has 3 aliphatic rings. The van der Waals surface area contributed by atoms with Crippen molar-refractivity contribution in [1.82, 2.24) is 15.5 Å². The van der Waals surface area contributed by atoms with E-state index in [1.54, 1.807) is 36.4 Å². The molecule has 2 atom stereocenters. The van der Waals surface area contributed by atoms with E-state index in [0.717, 1.165) is 17.0 Å². The number of imide groups is 1. The lowest BCUT2D eigenvalue weighted by Crippen LogP contribution is -2.64. The lowest BCUT2D eigenvalue weighted by Gasteiger charge is -2.45. The fraction of sp³-hybridized carbons (Fsp3) is 0.368. The highest BCUT2D eigenvalue weighted by Crippen LogP contribution is 2.49. The zero-order valence-corrected chi connectivity index (χ0v) is 28.5. The Morgan fingerprint density at radius 1 is 1.04 bits per heavy atom. The van der Waals surface area contributed by atoms with E-state index in [0.29, 0.717) is 24.7 Å². The van der Waals surface area contributed by atoms with Crippen molar-refractivity contribution in [2.75, 3.05) is 32.8 Å². The molecule has 1 fully saturated rings. The number of carboxylic acid groups (broad SMARTS) is 1. The molecular weight excluding hydrogens is 701 g/mol. The highest BCUT2D eigenvalue weighted by atomic mass is 19.4. The number of carbonyl (C=O) groups excluding carboxylic acids is 2. The van der Waals surface area contributed by atoms with Gasteiger partial charge in [0.05, 0.1) is 29.3 Å². The molecule has 0 aliphatic carbocycles. The van der Waals surface area contributed by atoms with Gasteiger partial charge in [0.1, 0.15) is 48.6 Å². The normalized spacial score (nSPS) is 20.4. The first-order valence-corrected chi connectivity index (χ1v) is 17.2. The minimum absolute atomic E-state index is 0.00182. The van der Waals surface area contributed by atoms with Gasteiger partial charge in [-0.2, -0.15) is 18.4 Å². The van der Waals surface area contributed by atoms with E-state index in [1.165, 1.54) is 18.2 Å². The van der Waals surface area contributed by atoms with Crippen LogP contribution in [0.1, 0.15) is 59.5 Å². The van der Waals surface area contributed by atoms with Crippen LogP contribution in [0.2, 0.25) is 0 Å². The number of hydrogen-bond acceptors (Lipinski definition) is 7. The maximum atomic E-state index is 16.0. The summed E-state index contributed by atoms with van der Waals surface area (Å²) in [6.07, 6.45) is -4.43. The Balaban J connectivity index is 1.57. The number of nitrogens with one attached hydrogen (secondary N) is 2. The Bertz CT molecular complexity index is 1980. The molecule has 3 aliphatic heterocycles. The van der Waals surface area contributed by atoms with Crippen LogP contribution in [0, 0.1) is 23.0 Å². The molecule has 3 N–H and O–H groups in total. The first kappa shape index (κ1) is 37.7. The van der Waals surface area contributed by atoms with Crippen LogP contribution in [0.15, 0.2) is 78.0 Å². The summed E-state index contributed by atoms with van der Waals surface area (Å²) in [5, 5.41) is 25.2. The molecule has 3 aromatic carbocycles. The molecule has 3 amide bonds. The van der Waals surface area contributed by atoms with Crippen LogP contribution in [-0.4, -0.2) is 70.8 Å². The average molecular weight is 739 g/mol. The van der Waals surface area contributed by atoms with Crippen LogP contribution < -0.4 is 10.6 Å². The highest BCUT2D eigenvalue weighted by Gasteiger charge is 2.62. The standard InChI is InChI=1S/C38H36F5N5O5/c39-29-12-5-11-28(38(41,42)43)27(29)22-48(21-26-10-4-9-25(19-44)34(26)40)31-23-53-37(14-17-45-18-15-37)33(31)35(51)47(36(48)52)20-30(24-7-2-1-3-8-24)46-16-6-13-32(49)50/h1-5,7-12,30,45-46H,6,13-18,20-23H2/p+1/t30?,48-/m1/s1. The molecule has 0 bridgehead atoms. The summed E-state index contributed by atoms with van der Waals surface area (Å²) in [7, 11) is 0. The summed E-state index contributed by atoms with van der Waals surface area (Å²) in [5.41, 5.74) is -3.34. The Kier molecular flexibility index (Phi) is 10.8. The molecule has 6 rings (SSSR count). The molecule has 278 valence electrons. The van der Waals surface area contributed by atoms with Gasteiger partial charge in [-0.1, -0.05) is 48.5 Å². The third-order valence-electron chi connectivity index (χ3n) is 10.2. The van der Waals surface area contributed by atoms with E-state index in [-0.39, 0.29) is 67.8 Å². The number of rotatable bonds is 12. The van der Waals surface area contributed by atoms with E-state index in [1.807, 2.05) is 0 Å². The summed E-state index contributed by atoms with van der Waals surface area (Å²) in [6.45, 7) is -1.35. The van der Waals surface area contributed by atoms with Gasteiger partial charge in [0, 0.05) is 12.0 Å². The molecule has 0 saturated carbocycles. The van der Waals surface area contributed by atoms with Crippen molar-refractivity contribution in [2.24, 2.45) is 0 Å². The van der Waals surface area contributed by atoms with Crippen molar-refractivity contribution >= 4 is 17.9 Å². The molecule has 0 radical (unpaired) electrons. The van der Waals surface area contributed by atoms with Crippen molar-refractivity contribution < 1.29 is 50.7 Å². The van der Waals surface area contributed by atoms with E-state index in [4.69, 9.17) is 4.74 Å². The molecule has 15 heteroatoms. The van der Waals surface area contributed by atoms with Crippen LogP contribution in [-0.2, 0) is 33.6 Å². The van der Waals surface area contributed by atoms with Crippen LogP contribution in [0.3, 0.4) is 0 Å². The van der Waals surface area contributed by atoms with Gasteiger partial charge < -0.3 is 20.5 Å². The average Bonchev–Trinajstić information content (AvgIpc) is 3.50. The number of benzene rings is 3. The van der Waals surface area contributed by atoms with Crippen molar-refractivity contribution in [2.45, 2.75) is 56.6 Å². The second kappa shape index (κ2) is 15.2. The summed E-state index contributed by atoms with van der Waals surface area (Å²) in [4.78, 5) is 42.2. The smallest absolute Gasteiger partial charge is 0.431 e. The zero-order valence-electron chi connectivity index (χ0n) is 28.5. The number of carboxylic acids is 1. The molecule has 0 aromatic heterocycles. The maximum absolute atomic E-state index is 16.0. The van der Waals surface area contributed by atoms with Gasteiger partial charge >= 0.3 is 18.2 Å². The number of carbonyl (C=O) groups is 3. The molecule has 53 heavy (non-hydrogen) atoms. The van der Waals surface area contributed by atoms with Gasteiger partial charge in [-0.15, -0.1) is 0 Å². The number of nitriles is 1. The first-order chi connectivity index (χ1) is 25.3. The lowest BCUT2D eigenvalue weighted by atomic mass is 9.82. The molecule has 1 saturated heterocycles. The Morgan fingerprint density at radius 2 is 1.75 bits per heavy atom. The number of aliphatic carboxylic acids is 1. The molecule has 3 heterocycles. The van der Waals surface area contributed by atoms with E-state index in [2.05, 4.69) is 10.6 Å². The Morgan fingerprint density at radius 3 is 2.43 bits per heavy atom. The van der Waals surface area contributed by atoms with Crippen LogP contribution in [0.25, 0.3) is 0 Å². The Labute approximate surface area is 302 Å². The highest BCUT2D eigenvalue weighted by molar-refractivity contribution is 6.06. The molecule has 1 unspecified atom stereocenters. The lowest BCUT2D eigenvalue weighted by molar-refractivity contribution is -0.845.